The Labute approximate surface area is 107 Å². The number of halogens is 1. The lowest BCUT2D eigenvalue weighted by molar-refractivity contribution is 1.12. The van der Waals surface area contributed by atoms with Gasteiger partial charge in [-0.05, 0) is 25.5 Å². The molecule has 3 aromatic heterocycles. The van der Waals surface area contributed by atoms with Crippen molar-refractivity contribution >= 4 is 28.6 Å². The molecule has 0 saturated carbocycles. The first-order chi connectivity index (χ1) is 8.16. The Morgan fingerprint density at radius 3 is 2.82 bits per heavy atom. The van der Waals surface area contributed by atoms with Gasteiger partial charge in [0.1, 0.15) is 0 Å². The summed E-state index contributed by atoms with van der Waals surface area (Å²) in [6, 6.07) is 2.12. The van der Waals surface area contributed by atoms with Gasteiger partial charge in [-0.3, -0.25) is 4.40 Å². The van der Waals surface area contributed by atoms with Crippen LogP contribution in [-0.4, -0.2) is 19.6 Å². The molecule has 3 heterocycles. The highest BCUT2D eigenvalue weighted by molar-refractivity contribution is 7.15. The lowest BCUT2D eigenvalue weighted by Gasteiger charge is -1.96. The average molecular weight is 265 g/mol. The monoisotopic (exact) mass is 264 g/mol. The topological polar surface area (TPSA) is 43.1 Å². The first-order valence-electron chi connectivity index (χ1n) is 5.09. The van der Waals surface area contributed by atoms with E-state index in [1.165, 1.54) is 10.4 Å². The van der Waals surface area contributed by atoms with Crippen LogP contribution in [0, 0.1) is 13.8 Å². The standard InChI is InChI=1S/C11H9ClN4S/c1-6-5-8(17-7(6)2)10-14-15-11-9(12)13-3-4-16(10)11/h3-5H,1-2H3. The molecule has 0 aliphatic rings. The predicted molar refractivity (Wildman–Crippen MR) is 68.6 cm³/mol. The molecule has 0 atom stereocenters. The van der Waals surface area contributed by atoms with Crippen molar-refractivity contribution in [2.45, 2.75) is 13.8 Å². The molecule has 0 N–H and O–H groups in total. The molecule has 6 heteroatoms. The predicted octanol–water partition coefficient (Wildman–Crippen LogP) is 3.12. The number of rotatable bonds is 1. The SMILES string of the molecule is Cc1cc(-c2nnc3c(Cl)nccn23)sc1C. The van der Waals surface area contributed by atoms with E-state index in [2.05, 4.69) is 35.1 Å². The largest absolute Gasteiger partial charge is 0.278 e. The van der Waals surface area contributed by atoms with E-state index in [-0.39, 0.29) is 0 Å². The summed E-state index contributed by atoms with van der Waals surface area (Å²) in [5.41, 5.74) is 1.86. The van der Waals surface area contributed by atoms with Gasteiger partial charge in [0.25, 0.3) is 0 Å². The molecule has 4 nitrogen and oxygen atoms in total. The van der Waals surface area contributed by atoms with Crippen LogP contribution in [0.5, 0.6) is 0 Å². The Bertz CT molecular complexity index is 681. The lowest BCUT2D eigenvalue weighted by atomic mass is 10.3. The highest BCUT2D eigenvalue weighted by Gasteiger charge is 2.13. The Balaban J connectivity index is 2.28. The number of fused-ring (bicyclic) bond motifs is 1. The van der Waals surface area contributed by atoms with Gasteiger partial charge in [-0.25, -0.2) is 4.98 Å². The second-order valence-corrected chi connectivity index (χ2v) is 5.40. The molecule has 0 aliphatic heterocycles. The third-order valence-electron chi connectivity index (χ3n) is 2.67. The summed E-state index contributed by atoms with van der Waals surface area (Å²) in [5.74, 6) is 0.811. The molecule has 0 radical (unpaired) electrons. The second kappa shape index (κ2) is 3.78. The van der Waals surface area contributed by atoms with Gasteiger partial charge in [0.15, 0.2) is 16.6 Å². The minimum absolute atomic E-state index is 0.372. The molecule has 86 valence electrons. The van der Waals surface area contributed by atoms with E-state index in [9.17, 15) is 0 Å². The minimum Gasteiger partial charge on any atom is -0.278 e. The molecule has 3 aromatic rings. The summed E-state index contributed by atoms with van der Waals surface area (Å²) >= 11 is 7.67. The molecule has 0 saturated heterocycles. The number of hydrogen-bond acceptors (Lipinski definition) is 4. The molecule has 0 spiro atoms. The van der Waals surface area contributed by atoms with E-state index >= 15 is 0 Å². The van der Waals surface area contributed by atoms with Crippen molar-refractivity contribution < 1.29 is 0 Å². The molecule has 0 bridgehead atoms. The summed E-state index contributed by atoms with van der Waals surface area (Å²) in [5, 5.41) is 8.61. The Morgan fingerprint density at radius 1 is 1.29 bits per heavy atom. The van der Waals surface area contributed by atoms with Gasteiger partial charge < -0.3 is 0 Å². The number of thiophene rings is 1. The fourth-order valence-corrected chi connectivity index (χ4v) is 2.85. The lowest BCUT2D eigenvalue weighted by Crippen LogP contribution is -1.89. The first kappa shape index (κ1) is 10.7. The van der Waals surface area contributed by atoms with Crippen LogP contribution >= 0.6 is 22.9 Å². The summed E-state index contributed by atoms with van der Waals surface area (Å²) in [4.78, 5) is 6.36. The van der Waals surface area contributed by atoms with Crippen molar-refractivity contribution in [3.8, 4) is 10.7 Å². The van der Waals surface area contributed by atoms with Crippen LogP contribution in [0.25, 0.3) is 16.3 Å². The van der Waals surface area contributed by atoms with E-state index in [1.807, 2.05) is 10.6 Å². The maximum absolute atomic E-state index is 5.96. The van der Waals surface area contributed by atoms with Gasteiger partial charge in [-0.1, -0.05) is 11.6 Å². The van der Waals surface area contributed by atoms with Gasteiger partial charge in [-0.15, -0.1) is 21.5 Å². The third-order valence-corrected chi connectivity index (χ3v) is 4.09. The molecular formula is C11H9ClN4S. The van der Waals surface area contributed by atoms with E-state index in [0.717, 1.165) is 10.7 Å². The summed E-state index contributed by atoms with van der Waals surface area (Å²) in [6.45, 7) is 4.19. The number of nitrogens with zero attached hydrogens (tertiary/aromatic N) is 4. The van der Waals surface area contributed by atoms with Crippen LogP contribution < -0.4 is 0 Å². The second-order valence-electron chi connectivity index (χ2n) is 3.79. The molecule has 0 fully saturated rings. The Hall–Kier alpha value is -1.46. The first-order valence-corrected chi connectivity index (χ1v) is 6.29. The normalized spacial score (nSPS) is 11.2. The zero-order valence-corrected chi connectivity index (χ0v) is 10.9. The van der Waals surface area contributed by atoms with Crippen LogP contribution in [0.3, 0.4) is 0 Å². The zero-order valence-electron chi connectivity index (χ0n) is 9.31. The quantitative estimate of drug-likeness (QED) is 0.678. The van der Waals surface area contributed by atoms with Gasteiger partial charge in [0, 0.05) is 17.3 Å². The van der Waals surface area contributed by atoms with E-state index in [4.69, 9.17) is 11.6 Å². The zero-order chi connectivity index (χ0) is 12.0. The van der Waals surface area contributed by atoms with Crippen molar-refractivity contribution in [1.29, 1.82) is 0 Å². The van der Waals surface area contributed by atoms with Crippen LogP contribution in [-0.2, 0) is 0 Å². The van der Waals surface area contributed by atoms with Gasteiger partial charge in [-0.2, -0.15) is 0 Å². The Morgan fingerprint density at radius 2 is 2.12 bits per heavy atom. The molecule has 0 unspecified atom stereocenters. The molecule has 3 rings (SSSR count). The highest BCUT2D eigenvalue weighted by atomic mass is 35.5. The van der Waals surface area contributed by atoms with E-state index < -0.39 is 0 Å². The number of aromatic nitrogens is 4. The van der Waals surface area contributed by atoms with Crippen LogP contribution in [0.2, 0.25) is 5.15 Å². The minimum atomic E-state index is 0.372. The van der Waals surface area contributed by atoms with Crippen molar-refractivity contribution in [3.63, 3.8) is 0 Å². The van der Waals surface area contributed by atoms with Crippen LogP contribution in [0.15, 0.2) is 18.5 Å². The fraction of sp³-hybridized carbons (Fsp3) is 0.182. The van der Waals surface area contributed by atoms with Gasteiger partial charge >= 0.3 is 0 Å². The van der Waals surface area contributed by atoms with Crippen molar-refractivity contribution in [2.75, 3.05) is 0 Å². The molecular weight excluding hydrogens is 256 g/mol. The maximum Gasteiger partial charge on any atom is 0.198 e. The molecule has 0 aromatic carbocycles. The number of aryl methyl sites for hydroxylation is 2. The van der Waals surface area contributed by atoms with Gasteiger partial charge in [0.05, 0.1) is 4.88 Å². The third kappa shape index (κ3) is 1.62. The summed E-state index contributed by atoms with van der Waals surface area (Å²) in [6.07, 6.45) is 3.47. The van der Waals surface area contributed by atoms with Gasteiger partial charge in [0.2, 0.25) is 0 Å². The van der Waals surface area contributed by atoms with E-state index in [0.29, 0.717) is 10.8 Å². The van der Waals surface area contributed by atoms with E-state index in [1.54, 1.807) is 17.5 Å². The van der Waals surface area contributed by atoms with Crippen LogP contribution in [0.4, 0.5) is 0 Å². The van der Waals surface area contributed by atoms with Crippen LogP contribution in [0.1, 0.15) is 10.4 Å². The number of hydrogen-bond donors (Lipinski definition) is 0. The smallest absolute Gasteiger partial charge is 0.198 e. The Kier molecular flexibility index (Phi) is 2.38. The average Bonchev–Trinajstić information content (AvgIpc) is 2.85. The molecule has 0 aliphatic carbocycles. The highest BCUT2D eigenvalue weighted by Crippen LogP contribution is 2.30. The summed E-state index contributed by atoms with van der Waals surface area (Å²) < 4.78 is 1.86. The van der Waals surface area contributed by atoms with Crippen molar-refractivity contribution in [1.82, 2.24) is 19.6 Å². The fourth-order valence-electron chi connectivity index (χ4n) is 1.65. The van der Waals surface area contributed by atoms with Crippen molar-refractivity contribution in [3.05, 3.63) is 34.1 Å². The van der Waals surface area contributed by atoms with Crippen molar-refractivity contribution in [2.24, 2.45) is 0 Å². The molecule has 0 amide bonds. The summed E-state index contributed by atoms with van der Waals surface area (Å²) in [7, 11) is 0. The maximum atomic E-state index is 5.96. The molecule has 17 heavy (non-hydrogen) atoms.